The number of aromatic nitrogens is 1. The van der Waals surface area contributed by atoms with Gasteiger partial charge in [0.25, 0.3) is 0 Å². The first kappa shape index (κ1) is 15.0. The van der Waals surface area contributed by atoms with Gasteiger partial charge in [-0.05, 0) is 33.7 Å². The fraction of sp³-hybridized carbons (Fsp3) is 0.643. The van der Waals surface area contributed by atoms with Crippen LogP contribution in [0.3, 0.4) is 0 Å². The normalized spacial score (nSPS) is 23.6. The van der Waals surface area contributed by atoms with E-state index in [1.807, 2.05) is 6.92 Å². The summed E-state index contributed by atoms with van der Waals surface area (Å²) in [6.45, 7) is 5.49. The first-order chi connectivity index (χ1) is 9.51. The average molecular weight is 284 g/mol. The molecule has 0 spiro atoms. The smallest absolute Gasteiger partial charge is 0.168 e. The number of nitrogens with zero attached hydrogens (tertiary/aromatic N) is 2. The van der Waals surface area contributed by atoms with Crippen molar-refractivity contribution >= 4 is 11.6 Å². The zero-order valence-electron chi connectivity index (χ0n) is 12.2. The summed E-state index contributed by atoms with van der Waals surface area (Å²) in [5.74, 6) is -1.08. The van der Waals surface area contributed by atoms with Gasteiger partial charge in [0.05, 0.1) is 0 Å². The van der Waals surface area contributed by atoms with Gasteiger partial charge in [0.2, 0.25) is 0 Å². The number of hydrogen-bond donors (Lipinski definition) is 2. The molecule has 2 rings (SSSR count). The number of piperidine rings is 1. The van der Waals surface area contributed by atoms with Crippen LogP contribution in [0.5, 0.6) is 0 Å². The van der Waals surface area contributed by atoms with Crippen LogP contribution in [0.2, 0.25) is 0 Å². The third-order valence-electron chi connectivity index (χ3n) is 3.82. The van der Waals surface area contributed by atoms with Crippen LogP contribution in [0, 0.1) is 11.6 Å². The third kappa shape index (κ3) is 3.36. The second-order valence-electron chi connectivity index (χ2n) is 5.37. The van der Waals surface area contributed by atoms with Crippen molar-refractivity contribution in [3.63, 3.8) is 0 Å². The Hall–Kier alpha value is -1.43. The molecule has 20 heavy (non-hydrogen) atoms. The number of anilines is 2. The van der Waals surface area contributed by atoms with Gasteiger partial charge in [-0.3, -0.25) is 0 Å². The Bertz CT molecular complexity index is 467. The molecule has 0 bridgehead atoms. The summed E-state index contributed by atoms with van der Waals surface area (Å²) in [6, 6.07) is 1.49. The summed E-state index contributed by atoms with van der Waals surface area (Å²) >= 11 is 0. The summed E-state index contributed by atoms with van der Waals surface area (Å²) < 4.78 is 27.3. The highest BCUT2D eigenvalue weighted by Gasteiger charge is 2.24. The molecule has 1 fully saturated rings. The summed E-state index contributed by atoms with van der Waals surface area (Å²) in [5, 5.41) is 5.90. The maximum Gasteiger partial charge on any atom is 0.168 e. The minimum Gasteiger partial charge on any atom is -0.368 e. The molecule has 0 aliphatic carbocycles. The van der Waals surface area contributed by atoms with Gasteiger partial charge in [0, 0.05) is 31.2 Å². The van der Waals surface area contributed by atoms with E-state index < -0.39 is 11.6 Å². The summed E-state index contributed by atoms with van der Waals surface area (Å²) in [7, 11) is 2.08. The van der Waals surface area contributed by atoms with Gasteiger partial charge in [-0.15, -0.1) is 0 Å². The van der Waals surface area contributed by atoms with Crippen molar-refractivity contribution in [2.45, 2.75) is 38.8 Å². The first-order valence-corrected chi connectivity index (χ1v) is 7.08. The Balaban J connectivity index is 2.10. The van der Waals surface area contributed by atoms with E-state index in [0.29, 0.717) is 12.6 Å². The lowest BCUT2D eigenvalue weighted by Gasteiger charge is -2.35. The van der Waals surface area contributed by atoms with Gasteiger partial charge in [0.15, 0.2) is 23.3 Å². The minimum atomic E-state index is -0.661. The molecule has 2 atom stereocenters. The van der Waals surface area contributed by atoms with Crippen LogP contribution in [-0.4, -0.2) is 42.1 Å². The van der Waals surface area contributed by atoms with Gasteiger partial charge in [0.1, 0.15) is 0 Å². The molecule has 0 aromatic carbocycles. The van der Waals surface area contributed by atoms with E-state index in [2.05, 4.69) is 34.5 Å². The molecule has 6 heteroatoms. The molecule has 0 radical (unpaired) electrons. The highest BCUT2D eigenvalue weighted by atomic mass is 19.1. The standard InChI is InChI=1S/C14H22F2N4/c1-4-17-13-11(15)8-12(16)14(19-13)18-10-5-6-20(3)9(2)7-10/h8-10H,4-7H2,1-3H3,(H2,17,18,19). The lowest BCUT2D eigenvalue weighted by atomic mass is 9.99. The van der Waals surface area contributed by atoms with Gasteiger partial charge in [-0.2, -0.15) is 0 Å². The van der Waals surface area contributed by atoms with E-state index >= 15 is 0 Å². The number of halogens is 2. The number of hydrogen-bond acceptors (Lipinski definition) is 4. The fourth-order valence-electron chi connectivity index (χ4n) is 2.47. The predicted molar refractivity (Wildman–Crippen MR) is 77.1 cm³/mol. The molecule has 2 unspecified atom stereocenters. The Morgan fingerprint density at radius 1 is 1.35 bits per heavy atom. The highest BCUT2D eigenvalue weighted by molar-refractivity contribution is 5.48. The van der Waals surface area contributed by atoms with Crippen molar-refractivity contribution in [3.8, 4) is 0 Å². The van der Waals surface area contributed by atoms with Crippen LogP contribution >= 0.6 is 0 Å². The maximum atomic E-state index is 13.8. The summed E-state index contributed by atoms with van der Waals surface area (Å²) in [4.78, 5) is 6.29. The number of likely N-dealkylation sites (tertiary alicyclic amines) is 1. The van der Waals surface area contributed by atoms with Crippen LogP contribution in [0.25, 0.3) is 0 Å². The molecule has 1 aliphatic heterocycles. The van der Waals surface area contributed by atoms with Crippen LogP contribution in [0.1, 0.15) is 26.7 Å². The molecule has 2 heterocycles. The maximum absolute atomic E-state index is 13.8. The van der Waals surface area contributed by atoms with Crippen molar-refractivity contribution in [1.29, 1.82) is 0 Å². The fourth-order valence-corrected chi connectivity index (χ4v) is 2.47. The van der Waals surface area contributed by atoms with E-state index in [-0.39, 0.29) is 17.7 Å². The molecular formula is C14H22F2N4. The van der Waals surface area contributed by atoms with E-state index in [9.17, 15) is 8.78 Å². The molecule has 2 N–H and O–H groups in total. The molecular weight excluding hydrogens is 262 g/mol. The zero-order valence-corrected chi connectivity index (χ0v) is 12.2. The van der Waals surface area contributed by atoms with Crippen LogP contribution in [-0.2, 0) is 0 Å². The van der Waals surface area contributed by atoms with Crippen molar-refractivity contribution in [3.05, 3.63) is 17.7 Å². The van der Waals surface area contributed by atoms with Crippen molar-refractivity contribution < 1.29 is 8.78 Å². The summed E-state index contributed by atoms with van der Waals surface area (Å²) in [5.41, 5.74) is 0. The molecule has 1 aromatic heterocycles. The van der Waals surface area contributed by atoms with Crippen molar-refractivity contribution in [1.82, 2.24) is 9.88 Å². The molecule has 1 aromatic rings. The second-order valence-corrected chi connectivity index (χ2v) is 5.37. The Morgan fingerprint density at radius 2 is 2.05 bits per heavy atom. The van der Waals surface area contributed by atoms with E-state index in [1.165, 1.54) is 0 Å². The predicted octanol–water partition coefficient (Wildman–Crippen LogP) is 2.69. The molecule has 0 amide bonds. The van der Waals surface area contributed by atoms with Gasteiger partial charge < -0.3 is 15.5 Å². The molecule has 1 saturated heterocycles. The lowest BCUT2D eigenvalue weighted by molar-refractivity contribution is 0.190. The number of nitrogens with one attached hydrogen (secondary N) is 2. The van der Waals surface area contributed by atoms with Crippen LogP contribution in [0.15, 0.2) is 6.07 Å². The Kier molecular flexibility index (Phi) is 4.75. The average Bonchev–Trinajstić information content (AvgIpc) is 2.39. The van der Waals surface area contributed by atoms with Crippen LogP contribution < -0.4 is 10.6 Å². The molecule has 4 nitrogen and oxygen atoms in total. The molecule has 1 aliphatic rings. The van der Waals surface area contributed by atoms with Crippen molar-refractivity contribution in [2.24, 2.45) is 0 Å². The number of rotatable bonds is 4. The lowest BCUT2D eigenvalue weighted by Crippen LogP contribution is -2.42. The Labute approximate surface area is 118 Å². The highest BCUT2D eigenvalue weighted by Crippen LogP contribution is 2.23. The Morgan fingerprint density at radius 3 is 2.70 bits per heavy atom. The number of pyridine rings is 1. The minimum absolute atomic E-state index is 0.0948. The van der Waals surface area contributed by atoms with Crippen LogP contribution in [0.4, 0.5) is 20.4 Å². The largest absolute Gasteiger partial charge is 0.368 e. The van der Waals surface area contributed by atoms with Gasteiger partial charge in [-0.1, -0.05) is 0 Å². The first-order valence-electron chi connectivity index (χ1n) is 7.08. The quantitative estimate of drug-likeness (QED) is 0.892. The summed E-state index contributed by atoms with van der Waals surface area (Å²) in [6.07, 6.45) is 1.85. The SMILES string of the molecule is CCNc1nc(NC2CCN(C)C(C)C2)c(F)cc1F. The van der Waals surface area contributed by atoms with E-state index in [1.54, 1.807) is 0 Å². The topological polar surface area (TPSA) is 40.2 Å². The van der Waals surface area contributed by atoms with Gasteiger partial charge >= 0.3 is 0 Å². The zero-order chi connectivity index (χ0) is 14.7. The van der Waals surface area contributed by atoms with Gasteiger partial charge in [-0.25, -0.2) is 13.8 Å². The molecule has 112 valence electrons. The van der Waals surface area contributed by atoms with E-state index in [4.69, 9.17) is 0 Å². The molecule has 0 saturated carbocycles. The second kappa shape index (κ2) is 6.35. The monoisotopic (exact) mass is 284 g/mol. The van der Waals surface area contributed by atoms with E-state index in [0.717, 1.165) is 25.5 Å². The van der Waals surface area contributed by atoms with Crippen molar-refractivity contribution in [2.75, 3.05) is 30.8 Å². The third-order valence-corrected chi connectivity index (χ3v) is 3.82.